The van der Waals surface area contributed by atoms with E-state index in [1.807, 2.05) is 17.8 Å². The fourth-order valence-electron chi connectivity index (χ4n) is 3.04. The number of nitrogens with one attached hydrogen (secondary N) is 1. The fourth-order valence-corrected chi connectivity index (χ4v) is 4.02. The summed E-state index contributed by atoms with van der Waals surface area (Å²) in [6.07, 6.45) is 1.91. The van der Waals surface area contributed by atoms with E-state index in [-0.39, 0.29) is 5.82 Å². The van der Waals surface area contributed by atoms with Gasteiger partial charge in [0.1, 0.15) is 5.82 Å². The van der Waals surface area contributed by atoms with E-state index < -0.39 is 0 Å². The molecule has 0 bridgehead atoms. The van der Waals surface area contributed by atoms with Crippen LogP contribution >= 0.6 is 11.8 Å². The second-order valence-corrected chi connectivity index (χ2v) is 6.53. The summed E-state index contributed by atoms with van der Waals surface area (Å²) in [6, 6.07) is 5.83. The summed E-state index contributed by atoms with van der Waals surface area (Å²) < 4.78 is 13.6. The molecule has 3 rings (SSSR count). The van der Waals surface area contributed by atoms with Gasteiger partial charge < -0.3 is 10.2 Å². The van der Waals surface area contributed by atoms with Crippen LogP contribution in [0.3, 0.4) is 0 Å². The lowest BCUT2D eigenvalue weighted by Gasteiger charge is -2.26. The monoisotopic (exact) mass is 280 g/mol. The molecule has 19 heavy (non-hydrogen) atoms. The van der Waals surface area contributed by atoms with Crippen molar-refractivity contribution in [2.24, 2.45) is 0 Å². The Morgan fingerprint density at radius 1 is 1.32 bits per heavy atom. The third kappa shape index (κ3) is 3.12. The van der Waals surface area contributed by atoms with Gasteiger partial charge in [0.15, 0.2) is 0 Å². The lowest BCUT2D eigenvalue weighted by atomic mass is 10.1. The Bertz CT molecular complexity index is 432. The van der Waals surface area contributed by atoms with Crippen molar-refractivity contribution in [3.63, 3.8) is 0 Å². The largest absolute Gasteiger partial charge is 0.309 e. The van der Waals surface area contributed by atoms with E-state index in [1.165, 1.54) is 30.2 Å². The number of hydrogen-bond acceptors (Lipinski definition) is 3. The van der Waals surface area contributed by atoms with Gasteiger partial charge >= 0.3 is 0 Å². The smallest absolute Gasteiger partial charge is 0.126 e. The van der Waals surface area contributed by atoms with Crippen molar-refractivity contribution in [1.82, 2.24) is 10.2 Å². The summed E-state index contributed by atoms with van der Waals surface area (Å²) >= 11 is 2.05. The van der Waals surface area contributed by atoms with Crippen molar-refractivity contribution in [1.29, 1.82) is 0 Å². The van der Waals surface area contributed by atoms with Crippen molar-refractivity contribution in [3.05, 3.63) is 35.1 Å². The number of fused-ring (bicyclic) bond motifs is 1. The van der Waals surface area contributed by atoms with E-state index in [9.17, 15) is 4.39 Å². The van der Waals surface area contributed by atoms with Gasteiger partial charge in [-0.05, 0) is 30.0 Å². The molecule has 1 fully saturated rings. The first-order valence-electron chi connectivity index (χ1n) is 7.15. The molecule has 0 spiro atoms. The molecule has 0 saturated carbocycles. The summed E-state index contributed by atoms with van der Waals surface area (Å²) in [5.41, 5.74) is 2.10. The molecule has 1 aliphatic carbocycles. The second-order valence-electron chi connectivity index (χ2n) is 5.31. The molecule has 1 saturated heterocycles. The zero-order valence-corrected chi connectivity index (χ0v) is 12.0. The van der Waals surface area contributed by atoms with Crippen LogP contribution in [0.1, 0.15) is 23.6 Å². The molecular weight excluding hydrogens is 259 g/mol. The number of thioether (sulfide) groups is 1. The second kappa shape index (κ2) is 6.25. The van der Waals surface area contributed by atoms with E-state index in [4.69, 9.17) is 0 Å². The highest BCUT2D eigenvalue weighted by molar-refractivity contribution is 7.99. The average molecular weight is 280 g/mol. The van der Waals surface area contributed by atoms with Crippen LogP contribution in [0.4, 0.5) is 4.39 Å². The highest BCUT2D eigenvalue weighted by Gasteiger charge is 2.24. The van der Waals surface area contributed by atoms with E-state index in [0.29, 0.717) is 6.04 Å². The molecule has 1 atom stereocenters. The van der Waals surface area contributed by atoms with Crippen molar-refractivity contribution in [2.45, 2.75) is 18.9 Å². The van der Waals surface area contributed by atoms with Crippen LogP contribution in [0.5, 0.6) is 0 Å². The molecule has 0 radical (unpaired) electrons. The molecule has 2 aliphatic rings. The molecule has 104 valence electrons. The first-order chi connectivity index (χ1) is 9.34. The Balaban J connectivity index is 1.51. The summed E-state index contributed by atoms with van der Waals surface area (Å²) in [4.78, 5) is 2.52. The maximum Gasteiger partial charge on any atom is 0.126 e. The lowest BCUT2D eigenvalue weighted by Crippen LogP contribution is -2.38. The van der Waals surface area contributed by atoms with Gasteiger partial charge in [0.25, 0.3) is 0 Å². The van der Waals surface area contributed by atoms with Gasteiger partial charge in [0.05, 0.1) is 0 Å². The van der Waals surface area contributed by atoms with Crippen molar-refractivity contribution >= 4 is 11.8 Å². The quantitative estimate of drug-likeness (QED) is 0.912. The SMILES string of the molecule is Fc1cccc2c1CCC2NCCN1CCSCC1. The predicted molar refractivity (Wildman–Crippen MR) is 79.2 cm³/mol. The van der Waals surface area contributed by atoms with Crippen molar-refractivity contribution in [3.8, 4) is 0 Å². The maximum atomic E-state index is 13.6. The third-order valence-electron chi connectivity index (χ3n) is 4.14. The Morgan fingerprint density at radius 2 is 2.16 bits per heavy atom. The minimum atomic E-state index is -0.0325. The summed E-state index contributed by atoms with van der Waals surface area (Å²) in [5.74, 6) is 2.49. The zero-order valence-electron chi connectivity index (χ0n) is 11.2. The van der Waals surface area contributed by atoms with Gasteiger partial charge in [-0.3, -0.25) is 0 Å². The van der Waals surface area contributed by atoms with Crippen LogP contribution < -0.4 is 5.32 Å². The van der Waals surface area contributed by atoms with Gasteiger partial charge in [-0.15, -0.1) is 0 Å². The maximum absolute atomic E-state index is 13.6. The van der Waals surface area contributed by atoms with Crippen LogP contribution in [-0.2, 0) is 6.42 Å². The molecular formula is C15H21FN2S. The Labute approximate surface area is 118 Å². The first-order valence-corrected chi connectivity index (χ1v) is 8.31. The van der Waals surface area contributed by atoms with Crippen LogP contribution in [0.25, 0.3) is 0 Å². The van der Waals surface area contributed by atoms with Gasteiger partial charge in [-0.1, -0.05) is 12.1 Å². The lowest BCUT2D eigenvalue weighted by molar-refractivity contribution is 0.295. The van der Waals surface area contributed by atoms with E-state index in [2.05, 4.69) is 16.3 Å². The number of benzene rings is 1. The minimum absolute atomic E-state index is 0.0325. The molecule has 4 heteroatoms. The fraction of sp³-hybridized carbons (Fsp3) is 0.600. The van der Waals surface area contributed by atoms with Crippen LogP contribution in [-0.4, -0.2) is 42.6 Å². The molecule has 0 aromatic heterocycles. The van der Waals surface area contributed by atoms with E-state index >= 15 is 0 Å². The number of rotatable bonds is 4. The number of halogens is 1. The van der Waals surface area contributed by atoms with Crippen LogP contribution in [0.2, 0.25) is 0 Å². The highest BCUT2D eigenvalue weighted by atomic mass is 32.2. The Kier molecular flexibility index (Phi) is 4.41. The van der Waals surface area contributed by atoms with Gasteiger partial charge in [0, 0.05) is 43.7 Å². The normalized spacial score (nSPS) is 23.5. The number of hydrogen-bond donors (Lipinski definition) is 1. The summed E-state index contributed by atoms with van der Waals surface area (Å²) in [7, 11) is 0. The summed E-state index contributed by atoms with van der Waals surface area (Å²) in [5, 5.41) is 3.60. The molecule has 0 amide bonds. The molecule has 2 nitrogen and oxygen atoms in total. The van der Waals surface area contributed by atoms with Gasteiger partial charge in [0.2, 0.25) is 0 Å². The van der Waals surface area contributed by atoms with Crippen LogP contribution in [0.15, 0.2) is 18.2 Å². The molecule has 1 aromatic rings. The molecule has 1 unspecified atom stereocenters. The average Bonchev–Trinajstić information content (AvgIpc) is 2.85. The van der Waals surface area contributed by atoms with Crippen molar-refractivity contribution < 1.29 is 4.39 Å². The first kappa shape index (κ1) is 13.4. The standard InChI is InChI=1S/C15H21FN2S/c16-14-3-1-2-13-12(14)4-5-15(13)17-6-7-18-8-10-19-11-9-18/h1-3,15,17H,4-11H2. The molecule has 1 aromatic carbocycles. The molecule has 1 N–H and O–H groups in total. The molecule has 1 heterocycles. The van der Waals surface area contributed by atoms with Gasteiger partial charge in [-0.2, -0.15) is 11.8 Å². The Hall–Kier alpha value is -0.580. The zero-order chi connectivity index (χ0) is 13.1. The summed E-state index contributed by atoms with van der Waals surface area (Å²) in [6.45, 7) is 4.54. The van der Waals surface area contributed by atoms with E-state index in [1.54, 1.807) is 6.07 Å². The predicted octanol–water partition coefficient (Wildman–Crippen LogP) is 2.45. The van der Waals surface area contributed by atoms with Crippen LogP contribution in [0, 0.1) is 5.82 Å². The number of nitrogens with zero attached hydrogens (tertiary/aromatic N) is 1. The van der Waals surface area contributed by atoms with E-state index in [0.717, 1.165) is 31.5 Å². The minimum Gasteiger partial charge on any atom is -0.309 e. The Morgan fingerprint density at radius 3 is 3.00 bits per heavy atom. The third-order valence-corrected chi connectivity index (χ3v) is 5.08. The van der Waals surface area contributed by atoms with Crippen molar-refractivity contribution in [2.75, 3.05) is 37.7 Å². The highest BCUT2D eigenvalue weighted by Crippen LogP contribution is 2.32. The van der Waals surface area contributed by atoms with Gasteiger partial charge in [-0.25, -0.2) is 4.39 Å². The topological polar surface area (TPSA) is 15.3 Å². The molecule has 1 aliphatic heterocycles.